The summed E-state index contributed by atoms with van der Waals surface area (Å²) in [5.41, 5.74) is 4.71. The van der Waals surface area contributed by atoms with E-state index in [-0.39, 0.29) is 29.6 Å². The second-order valence-corrected chi connectivity index (χ2v) is 14.7. The Morgan fingerprint density at radius 1 is 1.02 bits per heavy atom. The quantitative estimate of drug-likeness (QED) is 0.205. The van der Waals surface area contributed by atoms with E-state index < -0.39 is 36.8 Å². The van der Waals surface area contributed by atoms with Crippen molar-refractivity contribution in [2.75, 3.05) is 35.4 Å². The number of nitrogens with one attached hydrogen (secondary N) is 1. The Morgan fingerprint density at radius 2 is 1.71 bits per heavy atom. The summed E-state index contributed by atoms with van der Waals surface area (Å²) in [6.07, 6.45) is 5.94. The van der Waals surface area contributed by atoms with Crippen LogP contribution in [0.3, 0.4) is 0 Å². The molecule has 0 aliphatic carbocycles. The number of hydrogen-bond acceptors (Lipinski definition) is 6. The molecule has 4 rings (SSSR count). The van der Waals surface area contributed by atoms with Crippen molar-refractivity contribution in [1.29, 1.82) is 0 Å². The molecule has 0 unspecified atom stereocenters. The fraction of sp³-hybridized carbons (Fsp3) is 0.379. The summed E-state index contributed by atoms with van der Waals surface area (Å²) < 4.78 is 67.5. The van der Waals surface area contributed by atoms with Gasteiger partial charge in [0.2, 0.25) is 11.6 Å². The van der Waals surface area contributed by atoms with Gasteiger partial charge in [-0.3, -0.25) is 13.9 Å². The Morgan fingerprint density at radius 3 is 2.33 bits per heavy atom. The van der Waals surface area contributed by atoms with E-state index in [9.17, 15) is 30.7 Å². The van der Waals surface area contributed by atoms with Gasteiger partial charge in [0.05, 0.1) is 16.1 Å². The molecular weight excluding hydrogens is 602 g/mol. The van der Waals surface area contributed by atoms with Crippen LogP contribution in [0.2, 0.25) is 0 Å². The Balaban J connectivity index is 1.72. The third-order valence-electron chi connectivity index (χ3n) is 7.89. The van der Waals surface area contributed by atoms with Crippen molar-refractivity contribution >= 4 is 60.5 Å². The maximum Gasteiger partial charge on any atom is 0.294 e. The summed E-state index contributed by atoms with van der Waals surface area (Å²) in [6, 6.07) is 10.1. The van der Waals surface area contributed by atoms with Gasteiger partial charge in [0.15, 0.2) is 5.71 Å². The number of rotatable bonds is 9. The minimum atomic E-state index is -4.43. The molecule has 2 aliphatic heterocycles. The van der Waals surface area contributed by atoms with Gasteiger partial charge < -0.3 is 10.2 Å². The first kappa shape index (κ1) is 31.9. The normalized spacial score (nSPS) is 18.6. The first-order chi connectivity index (χ1) is 19.4. The molecule has 10 nitrogen and oxygen atoms in total. The van der Waals surface area contributed by atoms with Gasteiger partial charge in [0, 0.05) is 46.7 Å². The van der Waals surface area contributed by atoms with Crippen LogP contribution in [0.25, 0.3) is 0 Å². The van der Waals surface area contributed by atoms with Crippen LogP contribution < -0.4 is 10.2 Å². The lowest BCUT2D eigenvalue weighted by atomic mass is 9.81. The van der Waals surface area contributed by atoms with E-state index in [1.807, 2.05) is 62.2 Å². The zero-order chi connectivity index (χ0) is 31.3. The summed E-state index contributed by atoms with van der Waals surface area (Å²) in [6.45, 7) is 8.28. The highest BCUT2D eigenvalue weighted by atomic mass is 35.5. The summed E-state index contributed by atoms with van der Waals surface area (Å²) in [4.78, 5) is 13.5. The summed E-state index contributed by atoms with van der Waals surface area (Å²) in [5.74, 6) is -0.852. The molecule has 226 valence electrons. The highest BCUT2D eigenvalue weighted by molar-refractivity contribution is 7.86. The maximum atomic E-state index is 11.9. The minimum Gasteiger partial charge on any atom is -0.344 e. The molecular formula is C29H35ClN3O7S2+. The Labute approximate surface area is 251 Å². The number of carbonyl (C=O) groups excluding carboxylic acids is 1. The number of allylic oxidation sites excluding steroid dienone is 4. The van der Waals surface area contributed by atoms with Gasteiger partial charge >= 0.3 is 0 Å². The molecule has 0 aromatic heterocycles. The molecule has 42 heavy (non-hydrogen) atoms. The van der Waals surface area contributed by atoms with Gasteiger partial charge in [-0.15, -0.1) is 11.6 Å². The molecule has 3 N–H and O–H groups in total. The predicted octanol–water partition coefficient (Wildman–Crippen LogP) is 4.63. The first-order valence-corrected chi connectivity index (χ1v) is 16.8. The van der Waals surface area contributed by atoms with Gasteiger partial charge in [-0.25, -0.2) is 0 Å². The lowest BCUT2D eigenvalue weighted by molar-refractivity contribution is -0.401. The monoisotopic (exact) mass is 636 g/mol. The molecule has 2 aliphatic rings. The summed E-state index contributed by atoms with van der Waals surface area (Å²) >= 11 is 5.65. The van der Waals surface area contributed by atoms with Crippen molar-refractivity contribution in [3.8, 4) is 0 Å². The van der Waals surface area contributed by atoms with Gasteiger partial charge in [-0.05, 0) is 62.2 Å². The SMILES string of the molecule is C[N+]1=C(C=CC=C2N(CCCS(=O)(=O)O)c3ccc(S(=O)(=O)O)cc3C2(C)C)C(C)(C)c2cc(NC(=O)CCl)ccc21. The van der Waals surface area contributed by atoms with Crippen LogP contribution in [0.15, 0.2) is 65.2 Å². The number of benzene rings is 2. The molecule has 0 saturated carbocycles. The van der Waals surface area contributed by atoms with Crippen molar-refractivity contribution in [2.45, 2.75) is 49.8 Å². The zero-order valence-corrected chi connectivity index (χ0v) is 26.4. The second-order valence-electron chi connectivity index (χ2n) is 11.5. The van der Waals surface area contributed by atoms with Crippen LogP contribution in [0.5, 0.6) is 0 Å². The van der Waals surface area contributed by atoms with Crippen LogP contribution in [0, 0.1) is 0 Å². The minimum absolute atomic E-state index is 0.139. The van der Waals surface area contributed by atoms with E-state index in [0.29, 0.717) is 16.9 Å². The molecule has 2 heterocycles. The van der Waals surface area contributed by atoms with Gasteiger partial charge in [-0.2, -0.15) is 21.4 Å². The number of nitrogens with zero attached hydrogens (tertiary/aromatic N) is 2. The Kier molecular flexibility index (Phi) is 8.53. The Hall–Kier alpha value is -3.03. The smallest absolute Gasteiger partial charge is 0.294 e. The lowest BCUT2D eigenvalue weighted by Gasteiger charge is -2.27. The largest absolute Gasteiger partial charge is 0.344 e. The van der Waals surface area contributed by atoms with Crippen molar-refractivity contribution in [2.24, 2.45) is 0 Å². The summed E-state index contributed by atoms with van der Waals surface area (Å²) in [7, 11) is -6.63. The fourth-order valence-electron chi connectivity index (χ4n) is 5.80. The second kappa shape index (κ2) is 11.2. The molecule has 0 bridgehead atoms. The molecule has 2 aromatic rings. The van der Waals surface area contributed by atoms with Gasteiger partial charge in [-0.1, -0.05) is 19.9 Å². The zero-order valence-electron chi connectivity index (χ0n) is 24.0. The van der Waals surface area contributed by atoms with Crippen molar-refractivity contribution in [3.63, 3.8) is 0 Å². The topological polar surface area (TPSA) is 144 Å². The molecule has 0 fully saturated rings. The fourth-order valence-corrected chi connectivity index (χ4v) is 6.87. The van der Waals surface area contributed by atoms with Crippen LogP contribution in [0.4, 0.5) is 17.1 Å². The predicted molar refractivity (Wildman–Crippen MR) is 165 cm³/mol. The van der Waals surface area contributed by atoms with Gasteiger partial charge in [0.1, 0.15) is 12.9 Å². The third kappa shape index (κ3) is 6.18. The highest BCUT2D eigenvalue weighted by Gasteiger charge is 2.44. The standard InChI is InChI=1S/C29H34ClN3O7S2/c1-28(2)21-16-19(31-27(34)18-30)10-12-23(21)32(5)25(28)8-6-9-26-29(3,4)22-17-20(42(38,39)40)11-13-24(22)33(26)14-7-15-41(35,36)37/h6,8-13,16-17H,7,14-15,18H2,1-5H3,(H2-,31,34,35,36,37,38,39,40)/p+1. The Bertz CT molecular complexity index is 1760. The van der Waals surface area contributed by atoms with Crippen LogP contribution in [0.1, 0.15) is 45.2 Å². The van der Waals surface area contributed by atoms with E-state index >= 15 is 0 Å². The lowest BCUT2D eigenvalue weighted by Crippen LogP contribution is -2.28. The van der Waals surface area contributed by atoms with E-state index in [2.05, 4.69) is 23.7 Å². The molecule has 0 radical (unpaired) electrons. The molecule has 1 amide bonds. The number of alkyl halides is 1. The van der Waals surface area contributed by atoms with Crippen LogP contribution >= 0.6 is 11.6 Å². The molecule has 13 heteroatoms. The number of carbonyl (C=O) groups is 1. The van der Waals surface area contributed by atoms with E-state index in [1.165, 1.54) is 12.1 Å². The van der Waals surface area contributed by atoms with E-state index in [4.69, 9.17) is 11.6 Å². The van der Waals surface area contributed by atoms with Crippen molar-refractivity contribution in [3.05, 3.63) is 71.5 Å². The molecule has 0 saturated heterocycles. The summed E-state index contributed by atoms with van der Waals surface area (Å²) in [5, 5.41) is 2.79. The van der Waals surface area contributed by atoms with Crippen LogP contribution in [-0.2, 0) is 35.9 Å². The highest BCUT2D eigenvalue weighted by Crippen LogP contribution is 2.48. The number of amides is 1. The van der Waals surface area contributed by atoms with E-state index in [1.54, 1.807) is 6.07 Å². The van der Waals surface area contributed by atoms with Gasteiger partial charge in [0.25, 0.3) is 20.2 Å². The number of halogens is 1. The molecule has 0 atom stereocenters. The molecule has 2 aromatic carbocycles. The number of fused-ring (bicyclic) bond motifs is 2. The van der Waals surface area contributed by atoms with Crippen molar-refractivity contribution in [1.82, 2.24) is 0 Å². The first-order valence-electron chi connectivity index (χ1n) is 13.2. The average molecular weight is 637 g/mol. The number of anilines is 2. The average Bonchev–Trinajstić information content (AvgIpc) is 3.21. The third-order valence-corrected chi connectivity index (χ3v) is 9.79. The van der Waals surface area contributed by atoms with E-state index in [0.717, 1.165) is 22.7 Å². The maximum absolute atomic E-state index is 11.9. The van der Waals surface area contributed by atoms with Crippen molar-refractivity contribution < 1.29 is 35.3 Å². The van der Waals surface area contributed by atoms with Crippen LogP contribution in [-0.4, -0.2) is 67.4 Å². The number of hydrogen-bond donors (Lipinski definition) is 3. The molecule has 0 spiro atoms.